The van der Waals surface area contributed by atoms with Gasteiger partial charge in [-0.15, -0.1) is 0 Å². The summed E-state index contributed by atoms with van der Waals surface area (Å²) in [6, 6.07) is 1.96. The first-order chi connectivity index (χ1) is 9.17. The molecule has 0 amide bonds. The lowest BCUT2D eigenvalue weighted by Gasteiger charge is -2.26. The molecule has 0 aliphatic carbocycles. The van der Waals surface area contributed by atoms with Crippen LogP contribution in [0.4, 0.5) is 13.2 Å². The van der Waals surface area contributed by atoms with Gasteiger partial charge in [-0.3, -0.25) is 4.90 Å². The van der Waals surface area contributed by atoms with E-state index in [1.807, 2.05) is 13.8 Å². The van der Waals surface area contributed by atoms with Crippen LogP contribution in [0.1, 0.15) is 39.0 Å². The number of furan rings is 1. The number of hydrogen-bond donors (Lipinski definition) is 1. The second-order valence-corrected chi connectivity index (χ2v) is 5.57. The van der Waals surface area contributed by atoms with Crippen molar-refractivity contribution in [3.8, 4) is 0 Å². The first-order valence-corrected chi connectivity index (χ1v) is 6.78. The van der Waals surface area contributed by atoms with Crippen molar-refractivity contribution in [1.29, 1.82) is 0 Å². The number of hydrogen-bond acceptors (Lipinski definition) is 3. The molecular formula is C14H23F3N2O. The smallest absolute Gasteiger partial charge is 0.401 e. The second kappa shape index (κ2) is 7.13. The SMILES string of the molecule is CC(C)NCc1coc(CN(CC(F)(F)F)C(C)C)c1. The molecule has 0 bridgehead atoms. The van der Waals surface area contributed by atoms with Crippen LogP contribution in [-0.4, -0.2) is 29.7 Å². The van der Waals surface area contributed by atoms with E-state index in [1.54, 1.807) is 26.2 Å². The summed E-state index contributed by atoms with van der Waals surface area (Å²) >= 11 is 0. The third kappa shape index (κ3) is 6.43. The molecule has 116 valence electrons. The molecule has 1 aromatic rings. The van der Waals surface area contributed by atoms with Crippen molar-refractivity contribution in [3.63, 3.8) is 0 Å². The molecule has 1 N–H and O–H groups in total. The van der Waals surface area contributed by atoms with Crippen LogP contribution >= 0.6 is 0 Å². The van der Waals surface area contributed by atoms with Crippen molar-refractivity contribution >= 4 is 0 Å². The zero-order valence-electron chi connectivity index (χ0n) is 12.4. The number of nitrogens with zero attached hydrogens (tertiary/aromatic N) is 1. The van der Waals surface area contributed by atoms with Crippen molar-refractivity contribution < 1.29 is 17.6 Å². The molecule has 0 fully saturated rings. The molecule has 1 aromatic heterocycles. The minimum absolute atomic E-state index is 0.166. The Morgan fingerprint density at radius 1 is 1.25 bits per heavy atom. The lowest BCUT2D eigenvalue weighted by atomic mass is 10.2. The first-order valence-electron chi connectivity index (χ1n) is 6.78. The third-order valence-corrected chi connectivity index (χ3v) is 2.89. The maximum absolute atomic E-state index is 12.5. The lowest BCUT2D eigenvalue weighted by Crippen LogP contribution is -2.38. The van der Waals surface area contributed by atoms with Crippen molar-refractivity contribution in [2.45, 2.75) is 59.0 Å². The van der Waals surface area contributed by atoms with Crippen LogP contribution in [0.2, 0.25) is 0 Å². The van der Waals surface area contributed by atoms with Crippen LogP contribution in [-0.2, 0) is 13.1 Å². The highest BCUT2D eigenvalue weighted by molar-refractivity contribution is 5.12. The molecule has 0 aromatic carbocycles. The predicted octanol–water partition coefficient (Wildman–Crippen LogP) is 3.55. The van der Waals surface area contributed by atoms with E-state index in [0.717, 1.165) is 5.56 Å². The molecule has 0 saturated heterocycles. The Balaban J connectivity index is 2.60. The van der Waals surface area contributed by atoms with Gasteiger partial charge in [0, 0.05) is 24.2 Å². The Labute approximate surface area is 118 Å². The van der Waals surface area contributed by atoms with Crippen LogP contribution in [0, 0.1) is 0 Å². The average molecular weight is 292 g/mol. The van der Waals surface area contributed by atoms with Gasteiger partial charge in [-0.2, -0.15) is 13.2 Å². The minimum atomic E-state index is -4.20. The average Bonchev–Trinajstić information content (AvgIpc) is 2.71. The summed E-state index contributed by atoms with van der Waals surface area (Å²) in [5, 5.41) is 3.24. The highest BCUT2D eigenvalue weighted by Gasteiger charge is 2.32. The summed E-state index contributed by atoms with van der Waals surface area (Å²) in [7, 11) is 0. The van der Waals surface area contributed by atoms with Gasteiger partial charge in [0.1, 0.15) is 5.76 Å². The molecule has 20 heavy (non-hydrogen) atoms. The molecule has 6 heteroatoms. The molecule has 0 aliphatic rings. The standard InChI is InChI=1S/C14H23F3N2O/c1-10(2)18-6-12-5-13(20-8-12)7-19(11(3)4)9-14(15,16)17/h5,8,10-11,18H,6-7,9H2,1-4H3. The van der Waals surface area contributed by atoms with E-state index in [0.29, 0.717) is 18.3 Å². The Bertz CT molecular complexity index is 399. The van der Waals surface area contributed by atoms with E-state index < -0.39 is 12.7 Å². The van der Waals surface area contributed by atoms with E-state index in [9.17, 15) is 13.2 Å². The maximum Gasteiger partial charge on any atom is 0.401 e. The van der Waals surface area contributed by atoms with Crippen molar-refractivity contribution in [2.75, 3.05) is 6.54 Å². The largest absolute Gasteiger partial charge is 0.468 e. The van der Waals surface area contributed by atoms with Crippen molar-refractivity contribution in [2.24, 2.45) is 0 Å². The van der Waals surface area contributed by atoms with Gasteiger partial charge in [-0.1, -0.05) is 13.8 Å². The Morgan fingerprint density at radius 2 is 1.90 bits per heavy atom. The fraction of sp³-hybridized carbons (Fsp3) is 0.714. The summed E-state index contributed by atoms with van der Waals surface area (Å²) < 4.78 is 42.8. The van der Waals surface area contributed by atoms with Gasteiger partial charge in [-0.05, 0) is 19.9 Å². The van der Waals surface area contributed by atoms with Gasteiger partial charge in [0.15, 0.2) is 0 Å². The van der Waals surface area contributed by atoms with Gasteiger partial charge >= 0.3 is 6.18 Å². The lowest BCUT2D eigenvalue weighted by molar-refractivity contribution is -0.151. The highest BCUT2D eigenvalue weighted by atomic mass is 19.4. The summed E-state index contributed by atoms with van der Waals surface area (Å²) in [6.07, 6.45) is -2.60. The van der Waals surface area contributed by atoms with E-state index in [2.05, 4.69) is 5.32 Å². The fourth-order valence-corrected chi connectivity index (χ4v) is 1.78. The predicted molar refractivity (Wildman–Crippen MR) is 72.3 cm³/mol. The monoisotopic (exact) mass is 292 g/mol. The van der Waals surface area contributed by atoms with Crippen LogP contribution in [0.15, 0.2) is 16.7 Å². The number of halogens is 3. The van der Waals surface area contributed by atoms with E-state index in [-0.39, 0.29) is 12.6 Å². The molecule has 0 unspecified atom stereocenters. The van der Waals surface area contributed by atoms with Crippen LogP contribution < -0.4 is 5.32 Å². The summed E-state index contributed by atoms with van der Waals surface area (Å²) in [6.45, 7) is 7.45. The Hall–Kier alpha value is -1.01. The minimum Gasteiger partial charge on any atom is -0.468 e. The molecule has 1 rings (SSSR count). The van der Waals surface area contributed by atoms with Gasteiger partial charge in [0.05, 0.1) is 19.4 Å². The van der Waals surface area contributed by atoms with Crippen LogP contribution in [0.25, 0.3) is 0 Å². The van der Waals surface area contributed by atoms with Gasteiger partial charge in [0.25, 0.3) is 0 Å². The summed E-state index contributed by atoms with van der Waals surface area (Å²) in [4.78, 5) is 1.35. The topological polar surface area (TPSA) is 28.4 Å². The normalized spacial score (nSPS) is 12.9. The first kappa shape index (κ1) is 17.0. The third-order valence-electron chi connectivity index (χ3n) is 2.89. The van der Waals surface area contributed by atoms with Gasteiger partial charge in [0.2, 0.25) is 0 Å². The maximum atomic E-state index is 12.5. The number of nitrogens with one attached hydrogen (secondary N) is 1. The van der Waals surface area contributed by atoms with Crippen LogP contribution in [0.3, 0.4) is 0 Å². The zero-order chi connectivity index (χ0) is 15.3. The summed E-state index contributed by atoms with van der Waals surface area (Å²) in [5.74, 6) is 0.559. The molecule has 1 heterocycles. The Kier molecular flexibility index (Phi) is 6.07. The van der Waals surface area contributed by atoms with E-state index in [1.165, 1.54) is 4.90 Å². The number of rotatable bonds is 7. The zero-order valence-corrected chi connectivity index (χ0v) is 12.4. The molecule has 0 aliphatic heterocycles. The van der Waals surface area contributed by atoms with Gasteiger partial charge in [-0.25, -0.2) is 0 Å². The van der Waals surface area contributed by atoms with Gasteiger partial charge < -0.3 is 9.73 Å². The quantitative estimate of drug-likeness (QED) is 0.833. The fourth-order valence-electron chi connectivity index (χ4n) is 1.78. The molecule has 0 atom stereocenters. The van der Waals surface area contributed by atoms with Crippen molar-refractivity contribution in [1.82, 2.24) is 10.2 Å². The number of alkyl halides is 3. The van der Waals surface area contributed by atoms with Crippen LogP contribution in [0.5, 0.6) is 0 Å². The Morgan fingerprint density at radius 3 is 2.40 bits per heavy atom. The molecule has 0 saturated carbocycles. The molecular weight excluding hydrogens is 269 g/mol. The van der Waals surface area contributed by atoms with E-state index in [4.69, 9.17) is 4.42 Å². The highest BCUT2D eigenvalue weighted by Crippen LogP contribution is 2.20. The van der Waals surface area contributed by atoms with E-state index >= 15 is 0 Å². The summed E-state index contributed by atoms with van der Waals surface area (Å²) in [5.41, 5.74) is 0.949. The second-order valence-electron chi connectivity index (χ2n) is 5.57. The molecule has 3 nitrogen and oxygen atoms in total. The molecule has 0 spiro atoms. The molecule has 0 radical (unpaired) electrons. The van der Waals surface area contributed by atoms with Crippen molar-refractivity contribution in [3.05, 3.63) is 23.7 Å².